The molecule has 1 N–H and O–H groups in total. The molecule has 2 saturated heterocycles. The van der Waals surface area contributed by atoms with E-state index in [-0.39, 0.29) is 36.9 Å². The number of carbonyl (C=O) groups excluding carboxylic acids is 3. The first-order chi connectivity index (χ1) is 16.2. The number of likely N-dealkylation sites (tertiary alicyclic amines) is 1. The largest absolute Gasteiger partial charge is 0.395 e. The topological polar surface area (TPSA) is 90.4 Å². The summed E-state index contributed by atoms with van der Waals surface area (Å²) in [6.45, 7) is 6.18. The first kappa shape index (κ1) is 22.8. The van der Waals surface area contributed by atoms with Crippen LogP contribution in [0.1, 0.15) is 20.8 Å². The molecule has 0 radical (unpaired) electrons. The van der Waals surface area contributed by atoms with E-state index in [1.54, 1.807) is 9.80 Å². The Morgan fingerprint density at radius 2 is 1.71 bits per heavy atom. The second kappa shape index (κ2) is 8.06. The average molecular weight is 466 g/mol. The molecule has 0 aliphatic carbocycles. The molecular weight excluding hydrogens is 434 g/mol. The van der Waals surface area contributed by atoms with E-state index in [0.29, 0.717) is 13.1 Å². The van der Waals surface area contributed by atoms with Crippen molar-refractivity contribution < 1.29 is 24.2 Å². The number of benzene rings is 1. The quantitative estimate of drug-likeness (QED) is 0.679. The van der Waals surface area contributed by atoms with Gasteiger partial charge in [-0.3, -0.25) is 14.4 Å². The Balaban J connectivity index is 1.65. The van der Waals surface area contributed by atoms with Gasteiger partial charge in [0.25, 0.3) is 0 Å². The molecule has 3 amide bonds. The Bertz CT molecular complexity index is 1070. The minimum absolute atomic E-state index is 0.00644. The van der Waals surface area contributed by atoms with Gasteiger partial charge in [0.15, 0.2) is 0 Å². The third-order valence-electron chi connectivity index (χ3n) is 7.62. The van der Waals surface area contributed by atoms with Crippen LogP contribution in [0.3, 0.4) is 0 Å². The summed E-state index contributed by atoms with van der Waals surface area (Å²) in [5, 5.41) is 9.73. The molecule has 8 nitrogen and oxygen atoms in total. The zero-order chi connectivity index (χ0) is 24.3. The molecule has 1 aromatic rings. The van der Waals surface area contributed by atoms with Crippen molar-refractivity contribution in [3.63, 3.8) is 0 Å². The van der Waals surface area contributed by atoms with Crippen LogP contribution in [0, 0.1) is 11.8 Å². The number of nitrogens with zero attached hydrogens (tertiary/aromatic N) is 3. The number of fused-ring (bicyclic) bond motifs is 2. The zero-order valence-electron chi connectivity index (χ0n) is 19.8. The highest BCUT2D eigenvalue weighted by atomic mass is 16.5. The van der Waals surface area contributed by atoms with Crippen molar-refractivity contribution in [1.82, 2.24) is 9.80 Å². The molecule has 0 saturated carbocycles. The van der Waals surface area contributed by atoms with Gasteiger partial charge < -0.3 is 24.5 Å². The zero-order valence-corrected chi connectivity index (χ0v) is 19.8. The Morgan fingerprint density at radius 3 is 2.38 bits per heavy atom. The highest BCUT2D eigenvalue weighted by Crippen LogP contribution is 2.57. The van der Waals surface area contributed by atoms with Crippen LogP contribution in [0.2, 0.25) is 0 Å². The van der Waals surface area contributed by atoms with Gasteiger partial charge >= 0.3 is 0 Å². The van der Waals surface area contributed by atoms with Gasteiger partial charge in [0.2, 0.25) is 17.7 Å². The second-order valence-corrected chi connectivity index (χ2v) is 9.93. The molecule has 5 atom stereocenters. The first-order valence-electron chi connectivity index (χ1n) is 11.9. The molecule has 8 heteroatoms. The van der Waals surface area contributed by atoms with Crippen LogP contribution in [0.15, 0.2) is 54.6 Å². The van der Waals surface area contributed by atoms with E-state index in [1.165, 1.54) is 4.90 Å². The van der Waals surface area contributed by atoms with Gasteiger partial charge in [0.1, 0.15) is 11.6 Å². The van der Waals surface area contributed by atoms with Crippen LogP contribution in [0.5, 0.6) is 0 Å². The second-order valence-electron chi connectivity index (χ2n) is 9.93. The van der Waals surface area contributed by atoms with Crippen LogP contribution < -0.4 is 4.90 Å². The van der Waals surface area contributed by atoms with Crippen molar-refractivity contribution in [1.29, 1.82) is 0 Å². The summed E-state index contributed by atoms with van der Waals surface area (Å²) in [5.41, 5.74) is -1.59. The number of carbonyl (C=O) groups is 3. The predicted molar refractivity (Wildman–Crippen MR) is 126 cm³/mol. The van der Waals surface area contributed by atoms with E-state index in [2.05, 4.69) is 0 Å². The lowest BCUT2D eigenvalue weighted by molar-refractivity contribution is -0.152. The lowest BCUT2D eigenvalue weighted by atomic mass is 9.74. The van der Waals surface area contributed by atoms with Crippen LogP contribution >= 0.6 is 0 Å². The van der Waals surface area contributed by atoms with E-state index in [0.717, 1.165) is 5.69 Å². The Hall–Kier alpha value is -2.97. The SMILES string of the molecule is CC(C)N1CC=C[C@]23O[C@]4(C)C=CCN(c5ccccc5)C(=O)[C@@H]4[C@H]2C(=O)N(CCO)C3C1=O. The van der Waals surface area contributed by atoms with Crippen molar-refractivity contribution in [2.45, 2.75) is 44.1 Å². The molecule has 1 aromatic carbocycles. The maximum Gasteiger partial charge on any atom is 0.249 e. The smallest absolute Gasteiger partial charge is 0.249 e. The maximum atomic E-state index is 14.1. The maximum absolute atomic E-state index is 14.1. The van der Waals surface area contributed by atoms with E-state index in [9.17, 15) is 19.5 Å². The highest BCUT2D eigenvalue weighted by molar-refractivity contribution is 6.04. The number of rotatable bonds is 4. The molecule has 4 heterocycles. The summed E-state index contributed by atoms with van der Waals surface area (Å²) in [4.78, 5) is 46.6. The number of aliphatic hydroxyl groups excluding tert-OH is 1. The minimum atomic E-state index is -1.29. The summed E-state index contributed by atoms with van der Waals surface area (Å²) in [5.74, 6) is -2.44. The van der Waals surface area contributed by atoms with E-state index in [4.69, 9.17) is 4.74 Å². The van der Waals surface area contributed by atoms with E-state index < -0.39 is 29.1 Å². The summed E-state index contributed by atoms with van der Waals surface area (Å²) in [6.07, 6.45) is 7.47. The van der Waals surface area contributed by atoms with Gasteiger partial charge in [0.05, 0.1) is 24.0 Å². The molecule has 0 aromatic heterocycles. The summed E-state index contributed by atoms with van der Waals surface area (Å²) < 4.78 is 6.72. The fraction of sp³-hybridized carbons (Fsp3) is 0.500. The predicted octanol–water partition coefficient (Wildman–Crippen LogP) is 1.36. The summed E-state index contributed by atoms with van der Waals surface area (Å²) in [6, 6.07) is 8.36. The monoisotopic (exact) mass is 465 g/mol. The van der Waals surface area contributed by atoms with Gasteiger partial charge in [-0.1, -0.05) is 42.5 Å². The number of ether oxygens (including phenoxy) is 1. The van der Waals surface area contributed by atoms with Crippen LogP contribution in [0.25, 0.3) is 0 Å². The molecule has 34 heavy (non-hydrogen) atoms. The third kappa shape index (κ3) is 3.08. The fourth-order valence-electron chi connectivity index (χ4n) is 6.19. The Labute approximate surface area is 199 Å². The van der Waals surface area contributed by atoms with Crippen molar-refractivity contribution in [3.05, 3.63) is 54.6 Å². The number of hydrogen-bond donors (Lipinski definition) is 1. The normalized spacial score (nSPS) is 34.9. The average Bonchev–Trinajstić information content (AvgIpc) is 3.05. The standard InChI is InChI=1S/C26H31N3O5/c1-17(2)27-13-8-12-26-20(23(32)29(15-16-30)21(26)24(27)33)19-22(31)28(18-9-5-4-6-10-18)14-7-11-25(19,3)34-26/h4-12,17,19-21,30H,13-16H2,1-3H3/t19-,20-,21?,25+,26-/m0/s1. The van der Waals surface area contributed by atoms with Gasteiger partial charge in [0, 0.05) is 31.4 Å². The molecule has 4 aliphatic heterocycles. The Morgan fingerprint density at radius 1 is 1.00 bits per heavy atom. The van der Waals surface area contributed by atoms with Gasteiger partial charge in [-0.25, -0.2) is 0 Å². The first-order valence-corrected chi connectivity index (χ1v) is 11.9. The molecule has 2 fully saturated rings. The lowest BCUT2D eigenvalue weighted by Gasteiger charge is -2.38. The molecule has 180 valence electrons. The third-order valence-corrected chi connectivity index (χ3v) is 7.62. The highest BCUT2D eigenvalue weighted by Gasteiger charge is 2.74. The molecular formula is C26H31N3O5. The molecule has 1 spiro atoms. The number of anilines is 1. The van der Waals surface area contributed by atoms with E-state index >= 15 is 0 Å². The Kier molecular flexibility index (Phi) is 5.41. The minimum Gasteiger partial charge on any atom is -0.395 e. The molecule has 4 aliphatic rings. The molecule has 5 rings (SSSR count). The van der Waals surface area contributed by atoms with Crippen molar-refractivity contribution in [2.75, 3.05) is 31.1 Å². The van der Waals surface area contributed by atoms with Gasteiger partial charge in [-0.2, -0.15) is 0 Å². The lowest BCUT2D eigenvalue weighted by Crippen LogP contribution is -2.57. The van der Waals surface area contributed by atoms with E-state index in [1.807, 2.05) is 75.4 Å². The summed E-state index contributed by atoms with van der Waals surface area (Å²) in [7, 11) is 0. The summed E-state index contributed by atoms with van der Waals surface area (Å²) >= 11 is 0. The number of amides is 3. The fourth-order valence-corrected chi connectivity index (χ4v) is 6.19. The van der Waals surface area contributed by atoms with Crippen LogP contribution in [0.4, 0.5) is 5.69 Å². The molecule has 0 bridgehead atoms. The van der Waals surface area contributed by atoms with Crippen molar-refractivity contribution in [3.8, 4) is 0 Å². The molecule has 1 unspecified atom stereocenters. The van der Waals surface area contributed by atoms with Crippen LogP contribution in [-0.2, 0) is 19.1 Å². The van der Waals surface area contributed by atoms with Crippen molar-refractivity contribution in [2.24, 2.45) is 11.8 Å². The number of aliphatic hydroxyl groups is 1. The number of β-amino-alcohol motifs (C(OH)–C–C–N with tert-alkyl or cyclic N) is 1. The van der Waals surface area contributed by atoms with Gasteiger partial charge in [-0.05, 0) is 32.9 Å². The van der Waals surface area contributed by atoms with Gasteiger partial charge in [-0.15, -0.1) is 0 Å². The van der Waals surface area contributed by atoms with Crippen molar-refractivity contribution >= 4 is 23.4 Å². The van der Waals surface area contributed by atoms with Crippen LogP contribution in [-0.4, -0.2) is 82.2 Å². The number of para-hydroxylation sites is 1. The number of hydrogen-bond acceptors (Lipinski definition) is 5.